The minimum Gasteiger partial charge on any atom is -0.381 e. The second kappa shape index (κ2) is 7.19. The van der Waals surface area contributed by atoms with Crippen molar-refractivity contribution in [2.24, 2.45) is 0 Å². The maximum absolute atomic E-state index is 5.68. The van der Waals surface area contributed by atoms with Crippen LogP contribution in [-0.2, 0) is 17.6 Å². The molecule has 24 heavy (non-hydrogen) atoms. The van der Waals surface area contributed by atoms with Gasteiger partial charge in [-0.05, 0) is 31.2 Å². The van der Waals surface area contributed by atoms with E-state index in [4.69, 9.17) is 14.7 Å². The van der Waals surface area contributed by atoms with E-state index in [0.29, 0.717) is 5.92 Å². The highest BCUT2D eigenvalue weighted by Gasteiger charge is 2.24. The third kappa shape index (κ3) is 3.33. The molecule has 0 aromatic carbocycles. The Kier molecular flexibility index (Phi) is 4.81. The number of nitrogens with zero attached hydrogens (tertiary/aromatic N) is 2. The Hall–Kier alpha value is -1.46. The molecule has 3 heterocycles. The SMILES string of the molecule is CC(Nc1nc(C2CCCC2)nc2c1CCOCC2)c1cccs1. The van der Waals surface area contributed by atoms with Crippen molar-refractivity contribution in [2.45, 2.75) is 57.4 Å². The van der Waals surface area contributed by atoms with Crippen molar-refractivity contribution in [1.29, 1.82) is 0 Å². The normalized spacial score (nSPS) is 19.7. The zero-order valence-electron chi connectivity index (χ0n) is 14.3. The lowest BCUT2D eigenvalue weighted by Gasteiger charge is -2.20. The summed E-state index contributed by atoms with van der Waals surface area (Å²) < 4.78 is 5.68. The lowest BCUT2D eigenvalue weighted by atomic mass is 10.0. The highest BCUT2D eigenvalue weighted by Crippen LogP contribution is 2.35. The molecule has 4 nitrogen and oxygen atoms in total. The van der Waals surface area contributed by atoms with Crippen LogP contribution in [0.5, 0.6) is 0 Å². The van der Waals surface area contributed by atoms with E-state index in [-0.39, 0.29) is 6.04 Å². The standard InChI is InChI=1S/C19H25N3OS/c1-13(17-7-4-12-24-17)20-19-15-8-10-23-11-9-16(15)21-18(22-19)14-5-2-3-6-14/h4,7,12-14H,2-3,5-6,8-11H2,1H3,(H,20,21,22). The molecule has 0 bridgehead atoms. The van der Waals surface area contributed by atoms with Gasteiger partial charge >= 0.3 is 0 Å². The molecule has 1 atom stereocenters. The van der Waals surface area contributed by atoms with E-state index in [0.717, 1.165) is 37.7 Å². The van der Waals surface area contributed by atoms with Crippen LogP contribution in [0.25, 0.3) is 0 Å². The van der Waals surface area contributed by atoms with Gasteiger partial charge in [0, 0.05) is 29.2 Å². The van der Waals surface area contributed by atoms with E-state index >= 15 is 0 Å². The van der Waals surface area contributed by atoms with Gasteiger partial charge in [0.1, 0.15) is 11.6 Å². The molecule has 1 fully saturated rings. The summed E-state index contributed by atoms with van der Waals surface area (Å²) in [6, 6.07) is 4.56. The fourth-order valence-electron chi connectivity index (χ4n) is 3.76. The number of rotatable bonds is 4. The number of hydrogen-bond donors (Lipinski definition) is 1. The quantitative estimate of drug-likeness (QED) is 0.889. The molecule has 0 spiro atoms. The molecule has 2 aromatic rings. The van der Waals surface area contributed by atoms with Crippen molar-refractivity contribution in [3.8, 4) is 0 Å². The number of anilines is 1. The first-order valence-corrected chi connectivity index (χ1v) is 9.96. The number of fused-ring (bicyclic) bond motifs is 1. The summed E-state index contributed by atoms with van der Waals surface area (Å²) in [7, 11) is 0. The lowest BCUT2D eigenvalue weighted by Crippen LogP contribution is -2.15. The summed E-state index contributed by atoms with van der Waals surface area (Å²) in [5.74, 6) is 2.62. The van der Waals surface area contributed by atoms with E-state index in [1.54, 1.807) is 11.3 Å². The Morgan fingerprint density at radius 3 is 2.83 bits per heavy atom. The van der Waals surface area contributed by atoms with Gasteiger partial charge in [0.05, 0.1) is 24.9 Å². The predicted octanol–water partition coefficient (Wildman–Crippen LogP) is 4.48. The monoisotopic (exact) mass is 343 g/mol. The summed E-state index contributed by atoms with van der Waals surface area (Å²) in [5, 5.41) is 5.80. The molecule has 0 saturated heterocycles. The number of aromatic nitrogens is 2. The summed E-state index contributed by atoms with van der Waals surface area (Å²) in [4.78, 5) is 11.3. The Morgan fingerprint density at radius 2 is 2.04 bits per heavy atom. The average molecular weight is 343 g/mol. The third-order valence-electron chi connectivity index (χ3n) is 5.13. The Balaban J connectivity index is 1.68. The molecular weight excluding hydrogens is 318 g/mol. The molecule has 1 saturated carbocycles. The van der Waals surface area contributed by atoms with Gasteiger partial charge < -0.3 is 10.1 Å². The van der Waals surface area contributed by atoms with Gasteiger partial charge in [0.25, 0.3) is 0 Å². The van der Waals surface area contributed by atoms with Crippen LogP contribution in [0, 0.1) is 0 Å². The van der Waals surface area contributed by atoms with Crippen LogP contribution < -0.4 is 5.32 Å². The average Bonchev–Trinajstić information content (AvgIpc) is 3.25. The summed E-state index contributed by atoms with van der Waals surface area (Å²) in [6.45, 7) is 3.75. The van der Waals surface area contributed by atoms with Crippen LogP contribution in [0.3, 0.4) is 0 Å². The molecule has 2 aliphatic rings. The molecule has 0 amide bonds. The van der Waals surface area contributed by atoms with Crippen LogP contribution in [0.4, 0.5) is 5.82 Å². The van der Waals surface area contributed by atoms with E-state index < -0.39 is 0 Å². The first-order valence-electron chi connectivity index (χ1n) is 9.08. The van der Waals surface area contributed by atoms with Crippen molar-refractivity contribution in [1.82, 2.24) is 9.97 Å². The Bertz CT molecular complexity index is 680. The van der Waals surface area contributed by atoms with Gasteiger partial charge in [-0.1, -0.05) is 18.9 Å². The summed E-state index contributed by atoms with van der Waals surface area (Å²) in [5.41, 5.74) is 2.46. The number of nitrogens with one attached hydrogen (secondary N) is 1. The van der Waals surface area contributed by atoms with Gasteiger partial charge in [-0.3, -0.25) is 0 Å². The molecule has 5 heteroatoms. The zero-order valence-corrected chi connectivity index (χ0v) is 15.1. The highest BCUT2D eigenvalue weighted by atomic mass is 32.1. The van der Waals surface area contributed by atoms with Crippen LogP contribution in [-0.4, -0.2) is 23.2 Å². The summed E-state index contributed by atoms with van der Waals surface area (Å²) >= 11 is 1.79. The van der Waals surface area contributed by atoms with E-state index in [2.05, 4.69) is 29.8 Å². The van der Waals surface area contributed by atoms with Gasteiger partial charge in [0.2, 0.25) is 0 Å². The molecule has 4 rings (SSSR count). The van der Waals surface area contributed by atoms with E-state index in [1.807, 2.05) is 0 Å². The van der Waals surface area contributed by atoms with Crippen LogP contribution in [0.15, 0.2) is 17.5 Å². The van der Waals surface area contributed by atoms with Gasteiger partial charge in [-0.15, -0.1) is 11.3 Å². The Morgan fingerprint density at radius 1 is 1.21 bits per heavy atom. The van der Waals surface area contributed by atoms with Crippen molar-refractivity contribution in [3.63, 3.8) is 0 Å². The smallest absolute Gasteiger partial charge is 0.134 e. The van der Waals surface area contributed by atoms with Crippen molar-refractivity contribution in [3.05, 3.63) is 39.5 Å². The number of hydrogen-bond acceptors (Lipinski definition) is 5. The maximum Gasteiger partial charge on any atom is 0.134 e. The van der Waals surface area contributed by atoms with Crippen LogP contribution in [0.1, 0.15) is 66.5 Å². The van der Waals surface area contributed by atoms with E-state index in [1.165, 1.54) is 41.8 Å². The fraction of sp³-hybridized carbons (Fsp3) is 0.579. The van der Waals surface area contributed by atoms with Crippen LogP contribution >= 0.6 is 11.3 Å². The maximum atomic E-state index is 5.68. The lowest BCUT2D eigenvalue weighted by molar-refractivity contribution is 0.146. The Labute approximate surface area is 147 Å². The molecule has 1 aliphatic heterocycles. The molecule has 2 aromatic heterocycles. The molecular formula is C19H25N3OS. The molecule has 1 unspecified atom stereocenters. The van der Waals surface area contributed by atoms with Gasteiger partial charge in [-0.2, -0.15) is 0 Å². The third-order valence-corrected chi connectivity index (χ3v) is 6.19. The molecule has 0 radical (unpaired) electrons. The largest absolute Gasteiger partial charge is 0.381 e. The minimum absolute atomic E-state index is 0.268. The van der Waals surface area contributed by atoms with Crippen molar-refractivity contribution < 1.29 is 4.74 Å². The predicted molar refractivity (Wildman–Crippen MR) is 97.8 cm³/mol. The number of ether oxygens (including phenoxy) is 1. The van der Waals surface area contributed by atoms with Gasteiger partial charge in [-0.25, -0.2) is 9.97 Å². The first kappa shape index (κ1) is 16.0. The number of thiophene rings is 1. The summed E-state index contributed by atoms with van der Waals surface area (Å²) in [6.07, 6.45) is 6.88. The second-order valence-corrected chi connectivity index (χ2v) is 7.81. The van der Waals surface area contributed by atoms with E-state index in [9.17, 15) is 0 Å². The highest BCUT2D eigenvalue weighted by molar-refractivity contribution is 7.10. The first-order chi connectivity index (χ1) is 11.8. The molecule has 128 valence electrons. The van der Waals surface area contributed by atoms with Crippen LogP contribution in [0.2, 0.25) is 0 Å². The second-order valence-electron chi connectivity index (χ2n) is 6.83. The van der Waals surface area contributed by atoms with Crippen molar-refractivity contribution >= 4 is 17.2 Å². The topological polar surface area (TPSA) is 47.0 Å². The zero-order chi connectivity index (χ0) is 16.4. The van der Waals surface area contributed by atoms with Crippen molar-refractivity contribution in [2.75, 3.05) is 18.5 Å². The minimum atomic E-state index is 0.268. The molecule has 1 N–H and O–H groups in total. The fourth-order valence-corrected chi connectivity index (χ4v) is 4.50. The van der Waals surface area contributed by atoms with Gasteiger partial charge in [0.15, 0.2) is 0 Å². The molecule has 1 aliphatic carbocycles.